The second-order valence-electron chi connectivity index (χ2n) is 6.67. The standard InChI is InChI=1S/C19H26N2O3/c1-3-10-21-11-8-19(9-12-21)13-16(20-18(22)14-23-2)15-6-4-5-7-17(15)24-19/h3-7,16H,1,8-14H2,2H3,(H,20,22)/t16-/m0/s1. The molecule has 1 saturated heterocycles. The highest BCUT2D eigenvalue weighted by molar-refractivity contribution is 5.77. The topological polar surface area (TPSA) is 50.8 Å². The molecule has 1 aromatic rings. The van der Waals surface area contributed by atoms with Gasteiger partial charge in [-0.15, -0.1) is 6.58 Å². The molecule has 5 heteroatoms. The molecule has 3 rings (SSSR count). The minimum absolute atomic E-state index is 0.0245. The first-order chi connectivity index (χ1) is 11.7. The summed E-state index contributed by atoms with van der Waals surface area (Å²) in [5.41, 5.74) is 0.859. The molecule has 2 heterocycles. The Labute approximate surface area is 143 Å². The smallest absolute Gasteiger partial charge is 0.246 e. The van der Waals surface area contributed by atoms with Gasteiger partial charge in [0.15, 0.2) is 0 Å². The van der Waals surface area contributed by atoms with Crippen molar-refractivity contribution in [2.24, 2.45) is 0 Å². The first kappa shape index (κ1) is 17.0. The number of rotatable bonds is 5. The molecule has 0 unspecified atom stereocenters. The van der Waals surface area contributed by atoms with Gasteiger partial charge in [-0.3, -0.25) is 9.69 Å². The van der Waals surface area contributed by atoms with Gasteiger partial charge in [-0.1, -0.05) is 24.3 Å². The lowest BCUT2D eigenvalue weighted by Gasteiger charge is -2.46. The lowest BCUT2D eigenvalue weighted by molar-refractivity contribution is -0.126. The number of amides is 1. The number of ether oxygens (including phenoxy) is 2. The van der Waals surface area contributed by atoms with E-state index in [2.05, 4.69) is 16.8 Å². The molecule has 0 aliphatic carbocycles. The Hall–Kier alpha value is -1.85. The molecule has 24 heavy (non-hydrogen) atoms. The fraction of sp³-hybridized carbons (Fsp3) is 0.526. The van der Waals surface area contributed by atoms with Crippen molar-refractivity contribution in [3.8, 4) is 5.75 Å². The maximum atomic E-state index is 12.0. The Bertz CT molecular complexity index is 594. The number of nitrogens with one attached hydrogen (secondary N) is 1. The second kappa shape index (κ2) is 7.36. The Morgan fingerprint density at radius 3 is 2.92 bits per heavy atom. The van der Waals surface area contributed by atoms with Gasteiger partial charge in [0, 0.05) is 38.7 Å². The normalized spacial score (nSPS) is 22.5. The average molecular weight is 330 g/mol. The van der Waals surface area contributed by atoms with E-state index in [0.29, 0.717) is 0 Å². The predicted molar refractivity (Wildman–Crippen MR) is 93.0 cm³/mol. The average Bonchev–Trinajstić information content (AvgIpc) is 2.58. The predicted octanol–water partition coefficient (Wildman–Crippen LogP) is 2.29. The maximum Gasteiger partial charge on any atom is 0.246 e. The summed E-state index contributed by atoms with van der Waals surface area (Å²) in [7, 11) is 1.54. The van der Waals surface area contributed by atoms with Crippen molar-refractivity contribution >= 4 is 5.91 Å². The molecule has 0 aromatic heterocycles. The number of carbonyl (C=O) groups excluding carboxylic acids is 1. The zero-order valence-electron chi connectivity index (χ0n) is 14.3. The summed E-state index contributed by atoms with van der Waals surface area (Å²) in [5.74, 6) is 0.807. The van der Waals surface area contributed by atoms with E-state index < -0.39 is 0 Å². The first-order valence-corrected chi connectivity index (χ1v) is 8.55. The molecule has 1 N–H and O–H groups in total. The van der Waals surface area contributed by atoms with Crippen LogP contribution >= 0.6 is 0 Å². The fourth-order valence-corrected chi connectivity index (χ4v) is 3.75. The third-order valence-electron chi connectivity index (χ3n) is 4.96. The number of nitrogens with zero attached hydrogens (tertiary/aromatic N) is 1. The molecular formula is C19H26N2O3. The van der Waals surface area contributed by atoms with Gasteiger partial charge < -0.3 is 14.8 Å². The van der Waals surface area contributed by atoms with Crippen LogP contribution in [0.2, 0.25) is 0 Å². The molecule has 130 valence electrons. The van der Waals surface area contributed by atoms with Crippen LogP contribution in [0.1, 0.15) is 30.9 Å². The van der Waals surface area contributed by atoms with Crippen LogP contribution in [-0.2, 0) is 9.53 Å². The van der Waals surface area contributed by atoms with Crippen molar-refractivity contribution in [2.45, 2.75) is 30.9 Å². The summed E-state index contributed by atoms with van der Waals surface area (Å²) < 4.78 is 11.4. The number of likely N-dealkylation sites (tertiary alicyclic amines) is 1. The molecular weight excluding hydrogens is 304 g/mol. The Morgan fingerprint density at radius 2 is 2.21 bits per heavy atom. The highest BCUT2D eigenvalue weighted by Crippen LogP contribution is 2.44. The van der Waals surface area contributed by atoms with Crippen LogP contribution in [0.15, 0.2) is 36.9 Å². The van der Waals surface area contributed by atoms with E-state index in [0.717, 1.165) is 50.2 Å². The number of hydrogen-bond acceptors (Lipinski definition) is 4. The van der Waals surface area contributed by atoms with Crippen molar-refractivity contribution in [2.75, 3.05) is 33.4 Å². The van der Waals surface area contributed by atoms with Crippen LogP contribution in [0.3, 0.4) is 0 Å². The molecule has 1 spiro atoms. The van der Waals surface area contributed by atoms with Gasteiger partial charge in [-0.2, -0.15) is 0 Å². The Balaban J connectivity index is 1.77. The van der Waals surface area contributed by atoms with Gasteiger partial charge in [-0.05, 0) is 18.9 Å². The van der Waals surface area contributed by atoms with E-state index in [1.807, 2.05) is 30.3 Å². The summed E-state index contributed by atoms with van der Waals surface area (Å²) in [6.07, 6.45) is 4.68. The molecule has 5 nitrogen and oxygen atoms in total. The number of fused-ring (bicyclic) bond motifs is 1. The van der Waals surface area contributed by atoms with Gasteiger partial charge in [0.05, 0.1) is 6.04 Å². The van der Waals surface area contributed by atoms with Crippen LogP contribution in [0.25, 0.3) is 0 Å². The lowest BCUT2D eigenvalue weighted by atomic mass is 9.80. The van der Waals surface area contributed by atoms with Crippen molar-refractivity contribution in [1.82, 2.24) is 10.2 Å². The van der Waals surface area contributed by atoms with Gasteiger partial charge in [0.2, 0.25) is 5.91 Å². The van der Waals surface area contributed by atoms with Crippen LogP contribution in [0.5, 0.6) is 5.75 Å². The quantitative estimate of drug-likeness (QED) is 0.842. The monoisotopic (exact) mass is 330 g/mol. The molecule has 1 atom stereocenters. The first-order valence-electron chi connectivity index (χ1n) is 8.55. The summed E-state index contributed by atoms with van der Waals surface area (Å²) in [6, 6.07) is 7.99. The minimum Gasteiger partial charge on any atom is -0.487 e. The van der Waals surface area contributed by atoms with Crippen molar-refractivity contribution in [3.63, 3.8) is 0 Å². The van der Waals surface area contributed by atoms with Gasteiger partial charge in [0.1, 0.15) is 18.0 Å². The van der Waals surface area contributed by atoms with E-state index in [4.69, 9.17) is 9.47 Å². The highest BCUT2D eigenvalue weighted by atomic mass is 16.5. The van der Waals surface area contributed by atoms with E-state index in [9.17, 15) is 4.79 Å². The van der Waals surface area contributed by atoms with E-state index >= 15 is 0 Å². The number of benzene rings is 1. The number of para-hydroxylation sites is 1. The molecule has 0 radical (unpaired) electrons. The van der Waals surface area contributed by atoms with Crippen molar-refractivity contribution in [3.05, 3.63) is 42.5 Å². The number of carbonyl (C=O) groups is 1. The van der Waals surface area contributed by atoms with Gasteiger partial charge in [0.25, 0.3) is 0 Å². The molecule has 0 bridgehead atoms. The summed E-state index contributed by atoms with van der Waals surface area (Å²) in [4.78, 5) is 14.4. The summed E-state index contributed by atoms with van der Waals surface area (Å²) >= 11 is 0. The summed E-state index contributed by atoms with van der Waals surface area (Å²) in [5, 5.41) is 3.11. The van der Waals surface area contributed by atoms with Crippen LogP contribution in [0.4, 0.5) is 0 Å². The molecule has 2 aliphatic rings. The lowest BCUT2D eigenvalue weighted by Crippen LogP contribution is -2.52. The molecule has 0 saturated carbocycles. The molecule has 1 amide bonds. The molecule has 1 aromatic carbocycles. The SMILES string of the molecule is C=CCN1CCC2(CC1)C[C@H](NC(=O)COC)c1ccccc1O2. The van der Waals surface area contributed by atoms with Crippen LogP contribution < -0.4 is 10.1 Å². The van der Waals surface area contributed by atoms with E-state index in [1.54, 1.807) is 0 Å². The Morgan fingerprint density at radius 1 is 1.46 bits per heavy atom. The number of hydrogen-bond donors (Lipinski definition) is 1. The van der Waals surface area contributed by atoms with Crippen LogP contribution in [0, 0.1) is 0 Å². The second-order valence-corrected chi connectivity index (χ2v) is 6.67. The zero-order valence-corrected chi connectivity index (χ0v) is 14.3. The molecule has 2 aliphatic heterocycles. The fourth-order valence-electron chi connectivity index (χ4n) is 3.75. The third-order valence-corrected chi connectivity index (χ3v) is 4.96. The largest absolute Gasteiger partial charge is 0.487 e. The summed E-state index contributed by atoms with van der Waals surface area (Å²) in [6.45, 7) is 6.80. The number of methoxy groups -OCH3 is 1. The van der Waals surface area contributed by atoms with Crippen LogP contribution in [-0.4, -0.2) is 49.8 Å². The zero-order chi connectivity index (χ0) is 17.0. The van der Waals surface area contributed by atoms with Crippen molar-refractivity contribution in [1.29, 1.82) is 0 Å². The van der Waals surface area contributed by atoms with Gasteiger partial charge in [-0.25, -0.2) is 0 Å². The molecule has 1 fully saturated rings. The number of piperidine rings is 1. The minimum atomic E-state index is -0.197. The van der Waals surface area contributed by atoms with E-state index in [1.165, 1.54) is 7.11 Å². The van der Waals surface area contributed by atoms with Crippen molar-refractivity contribution < 1.29 is 14.3 Å². The Kier molecular flexibility index (Phi) is 5.21. The third kappa shape index (κ3) is 3.62. The van der Waals surface area contributed by atoms with E-state index in [-0.39, 0.29) is 24.2 Å². The maximum absolute atomic E-state index is 12.0. The highest BCUT2D eigenvalue weighted by Gasteiger charge is 2.43. The van der Waals surface area contributed by atoms with Gasteiger partial charge >= 0.3 is 0 Å².